The van der Waals surface area contributed by atoms with Gasteiger partial charge in [0, 0.05) is 0 Å². The van der Waals surface area contributed by atoms with Crippen molar-refractivity contribution in [3.05, 3.63) is 47.1 Å². The van der Waals surface area contributed by atoms with Crippen LogP contribution in [0.5, 0.6) is 0 Å². The Labute approximate surface area is 88.7 Å². The van der Waals surface area contributed by atoms with Gasteiger partial charge in [-0.3, -0.25) is 0 Å². The van der Waals surface area contributed by atoms with E-state index in [9.17, 15) is 0 Å². The van der Waals surface area contributed by atoms with Crippen molar-refractivity contribution in [2.24, 2.45) is 0 Å². The molecule has 0 saturated heterocycles. The van der Waals surface area contributed by atoms with Gasteiger partial charge in [0.25, 0.3) is 0 Å². The minimum atomic E-state index is 1.10. The van der Waals surface area contributed by atoms with Gasteiger partial charge in [-0.1, -0.05) is 54.0 Å². The second kappa shape index (κ2) is 7.37. The molecule has 0 aromatic rings. The molecule has 0 atom stereocenters. The highest BCUT2D eigenvalue weighted by Gasteiger charge is 1.86. The van der Waals surface area contributed by atoms with Gasteiger partial charge in [0.05, 0.1) is 0 Å². The fourth-order valence-electron chi connectivity index (χ4n) is 1.20. The maximum Gasteiger partial charge on any atom is -0.0376 e. The fraction of sp³-hybridized carbons (Fsp3) is 0.429. The Balaban J connectivity index is 4.49. The maximum absolute atomic E-state index is 2.21. The lowest BCUT2D eigenvalue weighted by molar-refractivity contribution is 1.22. The van der Waals surface area contributed by atoms with Crippen LogP contribution in [-0.2, 0) is 0 Å². The molecule has 0 fully saturated rings. The van der Waals surface area contributed by atoms with E-state index in [1.54, 1.807) is 0 Å². The van der Waals surface area contributed by atoms with E-state index in [0.29, 0.717) is 0 Å². The van der Waals surface area contributed by atoms with Crippen molar-refractivity contribution in [2.45, 2.75) is 41.0 Å². The van der Waals surface area contributed by atoms with Gasteiger partial charge in [-0.2, -0.15) is 0 Å². The molecule has 0 aliphatic heterocycles. The summed E-state index contributed by atoms with van der Waals surface area (Å²) < 4.78 is 0. The molecule has 0 heterocycles. The second-order valence-electron chi connectivity index (χ2n) is 3.62. The van der Waals surface area contributed by atoms with E-state index in [4.69, 9.17) is 0 Å². The van der Waals surface area contributed by atoms with Crippen LogP contribution in [0.25, 0.3) is 0 Å². The molecule has 78 valence electrons. The van der Waals surface area contributed by atoms with Crippen LogP contribution in [0.2, 0.25) is 0 Å². The van der Waals surface area contributed by atoms with E-state index in [0.717, 1.165) is 6.42 Å². The van der Waals surface area contributed by atoms with Crippen LogP contribution in [0, 0.1) is 0 Å². The third-order valence-corrected chi connectivity index (χ3v) is 1.98. The van der Waals surface area contributed by atoms with Crippen molar-refractivity contribution in [1.82, 2.24) is 0 Å². The van der Waals surface area contributed by atoms with Gasteiger partial charge in [0.1, 0.15) is 0 Å². The topological polar surface area (TPSA) is 0 Å². The van der Waals surface area contributed by atoms with Crippen molar-refractivity contribution in [3.63, 3.8) is 0 Å². The number of allylic oxidation sites excluding steroid dienone is 8. The highest BCUT2D eigenvalue weighted by Crippen LogP contribution is 2.07. The molecular formula is C14H22. The number of hydrogen-bond acceptors (Lipinski definition) is 0. The highest BCUT2D eigenvalue weighted by molar-refractivity contribution is 5.32. The van der Waals surface area contributed by atoms with E-state index >= 15 is 0 Å². The predicted molar refractivity (Wildman–Crippen MR) is 66.4 cm³/mol. The molecule has 0 unspecified atom stereocenters. The second-order valence-corrected chi connectivity index (χ2v) is 3.62. The lowest BCUT2D eigenvalue weighted by Gasteiger charge is -1.96. The van der Waals surface area contributed by atoms with Crippen LogP contribution in [0.15, 0.2) is 47.1 Å². The Bertz CT molecular complexity index is 272. The third-order valence-electron chi connectivity index (χ3n) is 1.98. The van der Waals surface area contributed by atoms with Crippen LogP contribution < -0.4 is 0 Å². The molecule has 0 bridgehead atoms. The van der Waals surface area contributed by atoms with Crippen molar-refractivity contribution in [3.8, 4) is 0 Å². The van der Waals surface area contributed by atoms with E-state index in [1.165, 1.54) is 16.7 Å². The summed E-state index contributed by atoms with van der Waals surface area (Å²) in [5, 5.41) is 0. The molecule has 0 saturated carbocycles. The van der Waals surface area contributed by atoms with Crippen molar-refractivity contribution in [1.29, 1.82) is 0 Å². The predicted octanol–water partition coefficient (Wildman–Crippen LogP) is 4.81. The van der Waals surface area contributed by atoms with Crippen LogP contribution in [0.3, 0.4) is 0 Å². The molecule has 0 aromatic heterocycles. The third kappa shape index (κ3) is 6.47. The lowest BCUT2D eigenvalue weighted by atomic mass is 10.1. The Morgan fingerprint density at radius 3 is 2.00 bits per heavy atom. The maximum atomic E-state index is 2.21. The van der Waals surface area contributed by atoms with E-state index in [2.05, 4.69) is 65.0 Å². The van der Waals surface area contributed by atoms with E-state index in [-0.39, 0.29) is 0 Å². The Kier molecular flexibility index (Phi) is 6.82. The molecule has 0 N–H and O–H groups in total. The van der Waals surface area contributed by atoms with E-state index in [1.807, 2.05) is 0 Å². The molecule has 14 heavy (non-hydrogen) atoms. The zero-order valence-electron chi connectivity index (χ0n) is 10.1. The summed E-state index contributed by atoms with van der Waals surface area (Å²) in [6, 6.07) is 0. The summed E-state index contributed by atoms with van der Waals surface area (Å²) in [7, 11) is 0. The Hall–Kier alpha value is -1.04. The minimum absolute atomic E-state index is 1.10. The average molecular weight is 190 g/mol. The average Bonchev–Trinajstić information content (AvgIpc) is 2.14. The standard InChI is InChI=1S/C14H22/c1-6-8-9-13(4)11-14(5)10-12(3)7-2/h7-11H,6H2,1-5H3/b9-8+,12-7-,13-11-,14-10-. The van der Waals surface area contributed by atoms with Crippen LogP contribution in [0.4, 0.5) is 0 Å². The summed E-state index contributed by atoms with van der Waals surface area (Å²) in [6.07, 6.45) is 12.0. The summed E-state index contributed by atoms with van der Waals surface area (Å²) in [5.74, 6) is 0. The molecule has 0 aliphatic rings. The molecule has 0 rings (SSSR count). The van der Waals surface area contributed by atoms with Gasteiger partial charge in [-0.15, -0.1) is 0 Å². The largest absolute Gasteiger partial charge is 0.0847 e. The molecular weight excluding hydrogens is 168 g/mol. The highest BCUT2D eigenvalue weighted by atomic mass is 13.9. The smallest absolute Gasteiger partial charge is 0.0376 e. The van der Waals surface area contributed by atoms with Crippen LogP contribution >= 0.6 is 0 Å². The minimum Gasteiger partial charge on any atom is -0.0847 e. The van der Waals surface area contributed by atoms with Crippen LogP contribution in [-0.4, -0.2) is 0 Å². The molecule has 0 nitrogen and oxygen atoms in total. The monoisotopic (exact) mass is 190 g/mol. The summed E-state index contributed by atoms with van der Waals surface area (Å²) in [5.41, 5.74) is 3.93. The quantitative estimate of drug-likeness (QED) is 0.558. The first-order chi connectivity index (χ1) is 6.60. The van der Waals surface area contributed by atoms with Gasteiger partial charge in [0.15, 0.2) is 0 Å². The molecule has 0 aromatic carbocycles. The molecule has 0 spiro atoms. The molecule has 0 radical (unpaired) electrons. The molecule has 0 heteroatoms. The van der Waals surface area contributed by atoms with Gasteiger partial charge in [-0.05, 0) is 34.1 Å². The first-order valence-corrected chi connectivity index (χ1v) is 5.26. The van der Waals surface area contributed by atoms with Crippen LogP contribution in [0.1, 0.15) is 41.0 Å². The van der Waals surface area contributed by atoms with E-state index < -0.39 is 0 Å². The number of hydrogen-bond donors (Lipinski definition) is 0. The molecule has 0 aliphatic carbocycles. The van der Waals surface area contributed by atoms with Crippen molar-refractivity contribution >= 4 is 0 Å². The Morgan fingerprint density at radius 2 is 1.50 bits per heavy atom. The van der Waals surface area contributed by atoms with Crippen molar-refractivity contribution in [2.75, 3.05) is 0 Å². The summed E-state index contributed by atoms with van der Waals surface area (Å²) in [4.78, 5) is 0. The normalized spacial score (nSPS) is 15.4. The zero-order valence-corrected chi connectivity index (χ0v) is 10.1. The van der Waals surface area contributed by atoms with Crippen molar-refractivity contribution < 1.29 is 0 Å². The molecule has 0 amide bonds. The van der Waals surface area contributed by atoms with Gasteiger partial charge in [-0.25, -0.2) is 0 Å². The SMILES string of the molecule is C\C=C(C)/C=C(C)\C=C(C)/C=C/CC. The van der Waals surface area contributed by atoms with Gasteiger partial charge >= 0.3 is 0 Å². The Morgan fingerprint density at radius 1 is 0.929 bits per heavy atom. The summed E-state index contributed by atoms with van der Waals surface area (Å²) in [6.45, 7) is 10.6. The first-order valence-electron chi connectivity index (χ1n) is 5.26. The van der Waals surface area contributed by atoms with Gasteiger partial charge in [0.2, 0.25) is 0 Å². The zero-order chi connectivity index (χ0) is 11.0. The first kappa shape index (κ1) is 13.0. The van der Waals surface area contributed by atoms with Gasteiger partial charge < -0.3 is 0 Å². The summed E-state index contributed by atoms with van der Waals surface area (Å²) >= 11 is 0. The number of rotatable bonds is 4. The fourth-order valence-corrected chi connectivity index (χ4v) is 1.20. The lowest BCUT2D eigenvalue weighted by Crippen LogP contribution is -1.75.